The van der Waals surface area contributed by atoms with Crippen molar-refractivity contribution in [3.63, 3.8) is 0 Å². The van der Waals surface area contributed by atoms with E-state index in [1.807, 2.05) is 22.6 Å². The Kier molecular flexibility index (Phi) is 12.5. The predicted molar refractivity (Wildman–Crippen MR) is 151 cm³/mol. The average Bonchev–Trinajstić information content (AvgIpc) is 2.71. The Hall–Kier alpha value is -2.44. The molecule has 0 saturated heterocycles. The van der Waals surface area contributed by atoms with Gasteiger partial charge in [-0.05, 0) is 116 Å². The molecule has 0 spiro atoms. The third kappa shape index (κ3) is 14.5. The second-order valence-electron chi connectivity index (χ2n) is 12.0. The summed E-state index contributed by atoms with van der Waals surface area (Å²) in [7, 11) is 0. The minimum Gasteiger partial charge on any atom is -0.460 e. The summed E-state index contributed by atoms with van der Waals surface area (Å²) in [4.78, 5) is 55.1. The van der Waals surface area contributed by atoms with Crippen LogP contribution in [0.4, 0.5) is 4.79 Å². The molecular formula is C27H42IN3O7. The fourth-order valence-electron chi connectivity index (χ4n) is 3.23. The Balaban J connectivity index is 3.01. The smallest absolute Gasteiger partial charge is 0.408 e. The summed E-state index contributed by atoms with van der Waals surface area (Å²) in [5.41, 5.74) is -1.85. The molecule has 0 aliphatic heterocycles. The Morgan fingerprint density at radius 3 is 1.97 bits per heavy atom. The summed E-state index contributed by atoms with van der Waals surface area (Å²) < 4.78 is 17.1. The summed E-state index contributed by atoms with van der Waals surface area (Å²) in [5, 5.41) is 5.39. The maximum Gasteiger partial charge on any atom is 0.408 e. The van der Waals surface area contributed by atoms with Gasteiger partial charge in [-0.25, -0.2) is 9.59 Å². The minimum atomic E-state index is -1.14. The fraction of sp³-hybridized carbons (Fsp3) is 0.667. The molecule has 2 amide bonds. The fourth-order valence-corrected chi connectivity index (χ4v) is 3.73. The largest absolute Gasteiger partial charge is 0.460 e. The lowest BCUT2D eigenvalue weighted by Crippen LogP contribution is -2.47. The topological polar surface area (TPSA) is 133 Å². The number of esters is 2. The van der Waals surface area contributed by atoms with Crippen LogP contribution in [0.5, 0.6) is 0 Å². The highest BCUT2D eigenvalue weighted by Gasteiger charge is 2.34. The van der Waals surface area contributed by atoms with Crippen molar-refractivity contribution < 1.29 is 33.4 Å². The van der Waals surface area contributed by atoms with Crippen molar-refractivity contribution in [1.82, 2.24) is 15.6 Å². The summed E-state index contributed by atoms with van der Waals surface area (Å²) in [6.45, 7) is 15.8. The van der Waals surface area contributed by atoms with E-state index in [9.17, 15) is 19.2 Å². The van der Waals surface area contributed by atoms with Crippen molar-refractivity contribution in [2.75, 3.05) is 6.54 Å². The van der Waals surface area contributed by atoms with Crippen LogP contribution in [0, 0.1) is 9.62 Å². The monoisotopic (exact) mass is 645 g/mol. The Morgan fingerprint density at radius 2 is 1.45 bits per heavy atom. The van der Waals surface area contributed by atoms with E-state index in [0.29, 0.717) is 28.7 Å². The van der Waals surface area contributed by atoms with Gasteiger partial charge in [-0.2, -0.15) is 0 Å². The van der Waals surface area contributed by atoms with Gasteiger partial charge >= 0.3 is 18.0 Å². The zero-order chi connectivity index (χ0) is 29.3. The summed E-state index contributed by atoms with van der Waals surface area (Å²) in [5.74, 6) is -2.19. The summed E-state index contributed by atoms with van der Waals surface area (Å²) >= 11 is 2.03. The van der Waals surface area contributed by atoms with Gasteiger partial charge in [-0.1, -0.05) is 0 Å². The molecule has 1 rings (SSSR count). The second-order valence-corrected chi connectivity index (χ2v) is 13.1. The molecule has 0 aliphatic rings. The average molecular weight is 646 g/mol. The number of aromatic nitrogens is 1. The first-order chi connectivity index (χ1) is 17.3. The molecule has 0 radical (unpaired) electrons. The van der Waals surface area contributed by atoms with E-state index in [1.165, 1.54) is 0 Å². The molecule has 1 aromatic rings. The van der Waals surface area contributed by atoms with Gasteiger partial charge in [-0.15, -0.1) is 0 Å². The highest BCUT2D eigenvalue weighted by Crippen LogP contribution is 2.22. The van der Waals surface area contributed by atoms with Crippen molar-refractivity contribution in [2.45, 2.75) is 104 Å². The molecule has 0 aromatic carbocycles. The third-order valence-corrected chi connectivity index (χ3v) is 5.24. The van der Waals surface area contributed by atoms with Gasteiger partial charge in [0.25, 0.3) is 5.91 Å². The van der Waals surface area contributed by atoms with Gasteiger partial charge < -0.3 is 24.8 Å². The van der Waals surface area contributed by atoms with Crippen LogP contribution in [-0.4, -0.2) is 58.3 Å². The first kappa shape index (κ1) is 33.6. The number of alkyl carbamates (subject to hydrolysis) is 1. The molecule has 10 nitrogen and oxygen atoms in total. The molecule has 0 aliphatic carbocycles. The van der Waals surface area contributed by atoms with Gasteiger partial charge in [0.2, 0.25) is 0 Å². The van der Waals surface area contributed by atoms with Crippen molar-refractivity contribution in [3.05, 3.63) is 27.6 Å². The lowest BCUT2D eigenvalue weighted by Gasteiger charge is -2.29. The van der Waals surface area contributed by atoms with Gasteiger partial charge in [0.15, 0.2) is 0 Å². The van der Waals surface area contributed by atoms with Gasteiger partial charge in [0, 0.05) is 18.3 Å². The van der Waals surface area contributed by atoms with Crippen LogP contribution >= 0.6 is 22.6 Å². The van der Waals surface area contributed by atoms with Crippen LogP contribution < -0.4 is 10.6 Å². The van der Waals surface area contributed by atoms with E-state index in [4.69, 9.17) is 14.2 Å². The molecular weight excluding hydrogens is 603 g/mol. The molecule has 0 saturated carbocycles. The molecule has 0 fully saturated rings. The number of hydrogen-bond acceptors (Lipinski definition) is 8. The second kappa shape index (κ2) is 14.1. The van der Waals surface area contributed by atoms with E-state index >= 15 is 0 Å². The van der Waals surface area contributed by atoms with Crippen LogP contribution in [0.3, 0.4) is 0 Å². The third-order valence-electron chi connectivity index (χ3n) is 4.65. The summed E-state index contributed by atoms with van der Waals surface area (Å²) in [6.07, 6.45) is 1.45. The standard InChI is InChI=1S/C27H42IN3O7/c1-25(2,3)36-22(33)18(11-10-13-30-21(32)17-12-14-29-20(28)16-17)15-19(23(34)37-26(4,5)6)31-24(35)38-27(7,8)9/h12,14,16,18-19H,10-11,13,15H2,1-9H3,(H,30,32)(H,31,35)/t18-,19-/m0/s1/i28-2. The molecule has 0 unspecified atom stereocenters. The number of nitrogens with one attached hydrogen (secondary N) is 2. The van der Waals surface area contributed by atoms with E-state index in [0.717, 1.165) is 0 Å². The van der Waals surface area contributed by atoms with E-state index in [-0.39, 0.29) is 12.3 Å². The van der Waals surface area contributed by atoms with Gasteiger partial charge in [0.1, 0.15) is 26.5 Å². The molecule has 0 bridgehead atoms. The van der Waals surface area contributed by atoms with Gasteiger partial charge in [-0.3, -0.25) is 14.6 Å². The van der Waals surface area contributed by atoms with Crippen LogP contribution in [0.25, 0.3) is 0 Å². The number of halogens is 1. The zero-order valence-electron chi connectivity index (χ0n) is 23.9. The molecule has 11 heteroatoms. The number of carbonyl (C=O) groups excluding carboxylic acids is 4. The van der Waals surface area contributed by atoms with Crippen molar-refractivity contribution in [2.24, 2.45) is 5.92 Å². The van der Waals surface area contributed by atoms with Crippen LogP contribution in [-0.2, 0) is 23.8 Å². The highest BCUT2D eigenvalue weighted by molar-refractivity contribution is 14.1. The zero-order valence-corrected chi connectivity index (χ0v) is 26.1. The maximum atomic E-state index is 13.1. The number of nitrogens with zero attached hydrogens (tertiary/aromatic N) is 1. The number of ether oxygens (including phenoxy) is 3. The normalized spacial score (nSPS) is 13.6. The number of amides is 2. The van der Waals surface area contributed by atoms with Crippen molar-refractivity contribution in [3.8, 4) is 0 Å². The molecule has 1 heterocycles. The first-order valence-electron chi connectivity index (χ1n) is 12.6. The Labute approximate surface area is 239 Å². The van der Waals surface area contributed by atoms with Crippen LogP contribution in [0.2, 0.25) is 0 Å². The maximum absolute atomic E-state index is 13.1. The SMILES string of the molecule is CC(C)(C)OC(=O)N[C@@H](C[C@H](CCCNC(=O)c1ccnc([125I])c1)C(=O)OC(C)(C)C)C(=O)OC(C)(C)C. The molecule has 1 aromatic heterocycles. The minimum absolute atomic E-state index is 0.0560. The van der Waals surface area contributed by atoms with E-state index in [2.05, 4.69) is 15.6 Å². The Morgan fingerprint density at radius 1 is 0.895 bits per heavy atom. The lowest BCUT2D eigenvalue weighted by atomic mass is 9.94. The predicted octanol–water partition coefficient (Wildman–Crippen LogP) is 4.78. The lowest BCUT2D eigenvalue weighted by molar-refractivity contribution is -0.163. The quantitative estimate of drug-likeness (QED) is 0.122. The summed E-state index contributed by atoms with van der Waals surface area (Å²) in [6, 6.07) is 2.15. The molecule has 38 heavy (non-hydrogen) atoms. The number of rotatable bonds is 10. The number of hydrogen-bond donors (Lipinski definition) is 2. The number of carbonyl (C=O) groups is 4. The molecule has 214 valence electrons. The number of pyridine rings is 1. The Bertz CT molecular complexity index is 978. The van der Waals surface area contributed by atoms with Gasteiger partial charge in [0.05, 0.1) is 5.92 Å². The molecule has 2 N–H and O–H groups in total. The van der Waals surface area contributed by atoms with E-state index in [1.54, 1.807) is 80.6 Å². The first-order valence-corrected chi connectivity index (χ1v) is 13.7. The molecule has 2 atom stereocenters. The van der Waals surface area contributed by atoms with Crippen molar-refractivity contribution >= 4 is 46.5 Å². The van der Waals surface area contributed by atoms with Crippen molar-refractivity contribution in [1.29, 1.82) is 0 Å². The van der Waals surface area contributed by atoms with E-state index < -0.39 is 46.8 Å². The highest BCUT2D eigenvalue weighted by atomic mass is 125. The van der Waals surface area contributed by atoms with Crippen LogP contribution in [0.1, 0.15) is 91.9 Å². The van der Waals surface area contributed by atoms with Crippen LogP contribution in [0.15, 0.2) is 18.3 Å².